The Morgan fingerprint density at radius 2 is 1.75 bits per heavy atom. The van der Waals surface area contributed by atoms with Crippen molar-refractivity contribution in [2.45, 2.75) is 50.1 Å². The average Bonchev–Trinajstić information content (AvgIpc) is 2.39. The van der Waals surface area contributed by atoms with E-state index in [0.29, 0.717) is 10.6 Å². The first kappa shape index (κ1) is 15.3. The molecule has 0 aliphatic carbocycles. The molecule has 108 valence electrons. The third-order valence-electron chi connectivity index (χ3n) is 3.70. The highest BCUT2D eigenvalue weighted by Gasteiger charge is 2.35. The molecule has 0 radical (unpaired) electrons. The Bertz CT molecular complexity index is 609. The maximum atomic E-state index is 12.7. The van der Waals surface area contributed by atoms with Crippen LogP contribution >= 0.6 is 12.2 Å². The third kappa shape index (κ3) is 2.99. The first-order valence-corrected chi connectivity index (χ1v) is 8.53. The summed E-state index contributed by atoms with van der Waals surface area (Å²) in [5.41, 5.74) is 0.610. The summed E-state index contributed by atoms with van der Waals surface area (Å²) in [4.78, 5) is 4.14. The normalized spacial score (nSPS) is 24.1. The number of rotatable bonds is 3. The van der Waals surface area contributed by atoms with Crippen LogP contribution in [0.2, 0.25) is 0 Å². The lowest BCUT2D eigenvalue weighted by atomic mass is 10.0. The van der Waals surface area contributed by atoms with Gasteiger partial charge < -0.3 is 0 Å². The van der Waals surface area contributed by atoms with Gasteiger partial charge in [0, 0.05) is 12.1 Å². The van der Waals surface area contributed by atoms with Gasteiger partial charge in [-0.05, 0) is 63.2 Å². The van der Waals surface area contributed by atoms with Crippen LogP contribution in [0.3, 0.4) is 0 Å². The third-order valence-corrected chi connectivity index (χ3v) is 5.93. The molecule has 20 heavy (non-hydrogen) atoms. The van der Waals surface area contributed by atoms with E-state index < -0.39 is 10.0 Å². The van der Waals surface area contributed by atoms with Crippen molar-refractivity contribution in [3.63, 3.8) is 0 Å². The fourth-order valence-corrected chi connectivity index (χ4v) is 4.73. The molecule has 0 aromatic heterocycles. The van der Waals surface area contributed by atoms with E-state index >= 15 is 0 Å². The van der Waals surface area contributed by atoms with Crippen molar-refractivity contribution in [3.05, 3.63) is 24.3 Å². The van der Waals surface area contributed by atoms with Crippen LogP contribution in [0.15, 0.2) is 34.2 Å². The molecule has 1 aliphatic heterocycles. The molecule has 2 atom stereocenters. The summed E-state index contributed by atoms with van der Waals surface area (Å²) in [7, 11) is -3.45. The first-order valence-electron chi connectivity index (χ1n) is 6.68. The van der Waals surface area contributed by atoms with E-state index in [9.17, 15) is 8.42 Å². The zero-order chi connectivity index (χ0) is 14.8. The number of piperidine rings is 1. The highest BCUT2D eigenvalue weighted by atomic mass is 32.2. The van der Waals surface area contributed by atoms with Crippen molar-refractivity contribution in [2.75, 3.05) is 0 Å². The van der Waals surface area contributed by atoms with Gasteiger partial charge in [0.15, 0.2) is 0 Å². The lowest BCUT2D eigenvalue weighted by Gasteiger charge is -2.37. The molecular formula is C14H18N2O2S2. The summed E-state index contributed by atoms with van der Waals surface area (Å²) in [5.74, 6) is 0. The average molecular weight is 310 g/mol. The summed E-state index contributed by atoms with van der Waals surface area (Å²) in [6.45, 7) is 3.94. The van der Waals surface area contributed by atoms with Gasteiger partial charge in [0.2, 0.25) is 10.0 Å². The Morgan fingerprint density at radius 3 is 2.25 bits per heavy atom. The van der Waals surface area contributed by atoms with Crippen LogP contribution in [0.5, 0.6) is 0 Å². The maximum absolute atomic E-state index is 12.7. The number of nitrogens with zero attached hydrogens (tertiary/aromatic N) is 2. The molecule has 0 spiro atoms. The van der Waals surface area contributed by atoms with Gasteiger partial charge in [0.25, 0.3) is 0 Å². The second-order valence-electron chi connectivity index (χ2n) is 5.16. The second-order valence-corrected chi connectivity index (χ2v) is 7.19. The predicted octanol–water partition coefficient (Wildman–Crippen LogP) is 3.37. The van der Waals surface area contributed by atoms with Crippen molar-refractivity contribution in [1.82, 2.24) is 4.31 Å². The van der Waals surface area contributed by atoms with Gasteiger partial charge >= 0.3 is 0 Å². The van der Waals surface area contributed by atoms with Crippen molar-refractivity contribution in [1.29, 1.82) is 0 Å². The topological polar surface area (TPSA) is 49.7 Å². The van der Waals surface area contributed by atoms with Crippen LogP contribution in [0.4, 0.5) is 5.69 Å². The fourth-order valence-electron chi connectivity index (χ4n) is 2.74. The molecular weight excluding hydrogens is 292 g/mol. The highest BCUT2D eigenvalue weighted by molar-refractivity contribution is 7.89. The van der Waals surface area contributed by atoms with Gasteiger partial charge in [0.1, 0.15) is 0 Å². The van der Waals surface area contributed by atoms with Gasteiger partial charge in [-0.15, -0.1) is 0 Å². The standard InChI is InChI=1S/C14H18N2O2S2/c1-11-4-3-5-12(2)16(11)20(17,18)14-8-6-13(7-9-14)15-10-19/h6-9,11-12H,3-5H2,1-2H3/t11-,12-/m1/s1. The van der Waals surface area contributed by atoms with E-state index in [1.807, 2.05) is 13.8 Å². The molecule has 2 rings (SSSR count). The van der Waals surface area contributed by atoms with E-state index in [1.165, 1.54) is 0 Å². The number of thiocarbonyl (C=S) groups is 1. The predicted molar refractivity (Wildman–Crippen MR) is 82.9 cm³/mol. The van der Waals surface area contributed by atoms with Crippen molar-refractivity contribution < 1.29 is 8.42 Å². The smallest absolute Gasteiger partial charge is 0.207 e. The summed E-state index contributed by atoms with van der Waals surface area (Å²) >= 11 is 4.53. The quantitative estimate of drug-likeness (QED) is 0.635. The zero-order valence-electron chi connectivity index (χ0n) is 11.6. The van der Waals surface area contributed by atoms with Gasteiger partial charge in [-0.25, -0.2) is 8.42 Å². The molecule has 1 fully saturated rings. The maximum Gasteiger partial charge on any atom is 0.243 e. The van der Waals surface area contributed by atoms with Crippen LogP contribution in [0.1, 0.15) is 33.1 Å². The molecule has 1 aromatic rings. The Kier molecular flexibility index (Phi) is 4.70. The van der Waals surface area contributed by atoms with Crippen LogP contribution < -0.4 is 0 Å². The SMILES string of the molecule is C[C@@H]1CCC[C@@H](C)N1S(=O)(=O)c1ccc(N=C=S)cc1. The van der Waals surface area contributed by atoms with Gasteiger partial charge in [-0.3, -0.25) is 0 Å². The monoisotopic (exact) mass is 310 g/mol. The van der Waals surface area contributed by atoms with Crippen LogP contribution in [0.25, 0.3) is 0 Å². The summed E-state index contributed by atoms with van der Waals surface area (Å²) in [6.07, 6.45) is 2.91. The van der Waals surface area contributed by atoms with Crippen LogP contribution in [-0.4, -0.2) is 30.0 Å². The second kappa shape index (κ2) is 6.14. The lowest BCUT2D eigenvalue weighted by molar-refractivity contribution is 0.204. The molecule has 0 saturated carbocycles. The van der Waals surface area contributed by atoms with E-state index in [2.05, 4.69) is 22.4 Å². The Balaban J connectivity index is 2.36. The molecule has 1 saturated heterocycles. The minimum atomic E-state index is -3.45. The van der Waals surface area contributed by atoms with E-state index in [0.717, 1.165) is 19.3 Å². The van der Waals surface area contributed by atoms with Gasteiger partial charge in [0.05, 0.1) is 15.7 Å². The van der Waals surface area contributed by atoms with E-state index in [-0.39, 0.29) is 12.1 Å². The largest absolute Gasteiger partial charge is 0.243 e. The zero-order valence-corrected chi connectivity index (χ0v) is 13.2. The number of hydrogen-bond acceptors (Lipinski definition) is 4. The molecule has 0 N–H and O–H groups in total. The molecule has 1 heterocycles. The summed E-state index contributed by atoms with van der Waals surface area (Å²) in [6, 6.07) is 6.53. The number of sulfonamides is 1. The van der Waals surface area contributed by atoms with Crippen LogP contribution in [0, 0.1) is 0 Å². The Hall–Kier alpha value is -1.07. The first-order chi connectivity index (χ1) is 9.46. The molecule has 4 nitrogen and oxygen atoms in total. The highest BCUT2D eigenvalue weighted by Crippen LogP contribution is 2.30. The van der Waals surface area contributed by atoms with Gasteiger partial charge in [-0.2, -0.15) is 9.30 Å². The minimum Gasteiger partial charge on any atom is -0.207 e. The Labute approximate surface area is 125 Å². The minimum absolute atomic E-state index is 0.0439. The Morgan fingerprint density at radius 1 is 1.20 bits per heavy atom. The van der Waals surface area contributed by atoms with Crippen molar-refractivity contribution in [3.8, 4) is 0 Å². The number of aliphatic imine (C=N–C) groups is 1. The van der Waals surface area contributed by atoms with Gasteiger partial charge in [-0.1, -0.05) is 6.42 Å². The number of isothiocyanates is 1. The molecule has 6 heteroatoms. The molecule has 1 aliphatic rings. The van der Waals surface area contributed by atoms with Crippen LogP contribution in [-0.2, 0) is 10.0 Å². The molecule has 0 unspecified atom stereocenters. The van der Waals surface area contributed by atoms with Crippen molar-refractivity contribution >= 4 is 33.1 Å². The summed E-state index contributed by atoms with van der Waals surface area (Å²) in [5, 5.41) is 2.27. The van der Waals surface area contributed by atoms with E-state index in [4.69, 9.17) is 0 Å². The fraction of sp³-hybridized carbons (Fsp3) is 0.500. The molecule has 1 aromatic carbocycles. The number of benzene rings is 1. The van der Waals surface area contributed by atoms with E-state index in [1.54, 1.807) is 28.6 Å². The van der Waals surface area contributed by atoms with Crippen molar-refractivity contribution in [2.24, 2.45) is 4.99 Å². The summed E-state index contributed by atoms with van der Waals surface area (Å²) < 4.78 is 27.1. The number of hydrogen-bond donors (Lipinski definition) is 0. The molecule has 0 amide bonds. The lowest BCUT2D eigenvalue weighted by Crippen LogP contribution is -2.47. The molecule has 0 bridgehead atoms.